The highest BCUT2D eigenvalue weighted by Crippen LogP contribution is 2.31. The average Bonchev–Trinajstić information content (AvgIpc) is 2.76. The molecular weight excluding hydrogens is 274 g/mol. The average molecular weight is 295 g/mol. The van der Waals surface area contributed by atoms with Gasteiger partial charge < -0.3 is 5.11 Å². The zero-order chi connectivity index (χ0) is 13.7. The number of aliphatic hydroxyl groups is 1. The summed E-state index contributed by atoms with van der Waals surface area (Å²) in [6.07, 6.45) is 0.558. The summed E-state index contributed by atoms with van der Waals surface area (Å²) in [5.74, 6) is 7.40. The Morgan fingerprint density at radius 2 is 2.32 bits per heavy atom. The zero-order valence-corrected chi connectivity index (χ0v) is 13.2. The molecule has 0 bridgehead atoms. The van der Waals surface area contributed by atoms with Gasteiger partial charge in [0, 0.05) is 47.0 Å². The Morgan fingerprint density at radius 3 is 3.05 bits per heavy atom. The normalized spacial score (nSPS) is 18.9. The Hall–Kier alpha value is -0.470. The highest BCUT2D eigenvalue weighted by Gasteiger charge is 2.27. The van der Waals surface area contributed by atoms with Crippen molar-refractivity contribution < 1.29 is 5.11 Å². The summed E-state index contributed by atoms with van der Waals surface area (Å²) in [5, 5.41) is 10.9. The number of nitrogens with zero attached hydrogens (tertiary/aromatic N) is 1. The van der Waals surface area contributed by atoms with Crippen molar-refractivity contribution in [2.75, 3.05) is 25.4 Å². The van der Waals surface area contributed by atoms with Crippen LogP contribution in [0.2, 0.25) is 0 Å². The number of hydrogen-bond donors (Lipinski definition) is 1. The molecule has 1 aliphatic heterocycles. The molecule has 0 aliphatic carbocycles. The summed E-state index contributed by atoms with van der Waals surface area (Å²) < 4.78 is 0.359. The fraction of sp³-hybridized carbons (Fsp3) is 0.600. The molecule has 2 heterocycles. The molecule has 0 radical (unpaired) electrons. The molecule has 2 rings (SSSR count). The molecule has 0 atom stereocenters. The van der Waals surface area contributed by atoms with Crippen LogP contribution in [0.3, 0.4) is 0 Å². The minimum atomic E-state index is 0.143. The number of aliphatic hydroxyl groups excluding tert-OH is 1. The van der Waals surface area contributed by atoms with Crippen LogP contribution >= 0.6 is 23.1 Å². The van der Waals surface area contributed by atoms with Gasteiger partial charge in [0.05, 0.1) is 6.61 Å². The van der Waals surface area contributed by atoms with Gasteiger partial charge in [0.25, 0.3) is 0 Å². The topological polar surface area (TPSA) is 23.5 Å². The predicted octanol–water partition coefficient (Wildman–Crippen LogP) is 2.81. The first-order valence-corrected chi connectivity index (χ1v) is 8.50. The van der Waals surface area contributed by atoms with Crippen molar-refractivity contribution in [1.82, 2.24) is 4.90 Å². The predicted molar refractivity (Wildman–Crippen MR) is 84.7 cm³/mol. The summed E-state index contributed by atoms with van der Waals surface area (Å²) in [5.41, 5.74) is 1.13. The van der Waals surface area contributed by atoms with Crippen LogP contribution in [0.5, 0.6) is 0 Å². The molecule has 4 heteroatoms. The van der Waals surface area contributed by atoms with Gasteiger partial charge in [-0.15, -0.1) is 11.3 Å². The summed E-state index contributed by atoms with van der Waals surface area (Å²) in [6.45, 7) is 8.09. The van der Waals surface area contributed by atoms with Crippen LogP contribution in [0.25, 0.3) is 0 Å². The lowest BCUT2D eigenvalue weighted by atomic mass is 10.1. The van der Waals surface area contributed by atoms with Crippen LogP contribution in [0, 0.1) is 11.8 Å². The number of hydrogen-bond acceptors (Lipinski definition) is 4. The molecule has 1 fully saturated rings. The first-order valence-electron chi connectivity index (χ1n) is 6.63. The highest BCUT2D eigenvalue weighted by molar-refractivity contribution is 8.00. The maximum Gasteiger partial charge on any atom is 0.0540 e. The van der Waals surface area contributed by atoms with E-state index in [0.717, 1.165) is 25.2 Å². The first kappa shape index (κ1) is 14.9. The number of rotatable bonds is 3. The van der Waals surface area contributed by atoms with Crippen LogP contribution < -0.4 is 0 Å². The Balaban J connectivity index is 2.00. The van der Waals surface area contributed by atoms with E-state index in [0.29, 0.717) is 11.2 Å². The molecule has 1 aromatic heterocycles. The van der Waals surface area contributed by atoms with Crippen molar-refractivity contribution >= 4 is 23.1 Å². The standard InChI is InChI=1S/C15H21NOS2/c1-15(2)12-16(7-10-19-15)11-14-13(6-9-18-14)5-3-4-8-17/h6,9,17H,4,7-8,10-12H2,1-2H3. The largest absolute Gasteiger partial charge is 0.395 e. The monoisotopic (exact) mass is 295 g/mol. The molecule has 0 spiro atoms. The van der Waals surface area contributed by atoms with Crippen molar-refractivity contribution in [3.05, 3.63) is 21.9 Å². The second kappa shape index (κ2) is 6.81. The Bertz CT molecular complexity index is 470. The fourth-order valence-corrected chi connectivity index (χ4v) is 4.29. The lowest BCUT2D eigenvalue weighted by molar-refractivity contribution is 0.254. The van der Waals surface area contributed by atoms with Crippen LogP contribution in [0.4, 0.5) is 0 Å². The van der Waals surface area contributed by atoms with Crippen molar-refractivity contribution in [3.63, 3.8) is 0 Å². The van der Waals surface area contributed by atoms with E-state index in [1.807, 2.05) is 0 Å². The van der Waals surface area contributed by atoms with Crippen molar-refractivity contribution in [2.45, 2.75) is 31.6 Å². The van der Waals surface area contributed by atoms with Gasteiger partial charge >= 0.3 is 0 Å². The minimum absolute atomic E-state index is 0.143. The Morgan fingerprint density at radius 1 is 1.47 bits per heavy atom. The third kappa shape index (κ3) is 4.54. The number of thioether (sulfide) groups is 1. The van der Waals surface area contributed by atoms with Gasteiger partial charge in [0.2, 0.25) is 0 Å². The van der Waals surface area contributed by atoms with Crippen molar-refractivity contribution in [3.8, 4) is 11.8 Å². The second-order valence-corrected chi connectivity index (χ2v) is 8.15. The third-order valence-corrected chi connectivity index (χ3v) is 5.28. The van der Waals surface area contributed by atoms with E-state index in [2.05, 4.69) is 53.8 Å². The first-order chi connectivity index (χ1) is 9.11. The van der Waals surface area contributed by atoms with Crippen LogP contribution in [0.1, 0.15) is 30.7 Å². The van der Waals surface area contributed by atoms with E-state index < -0.39 is 0 Å². The molecule has 1 aliphatic rings. The van der Waals surface area contributed by atoms with Gasteiger partial charge in [-0.2, -0.15) is 11.8 Å². The highest BCUT2D eigenvalue weighted by atomic mass is 32.2. The third-order valence-electron chi connectivity index (χ3n) is 3.08. The van der Waals surface area contributed by atoms with E-state index in [-0.39, 0.29) is 6.61 Å². The lowest BCUT2D eigenvalue weighted by Gasteiger charge is -2.37. The van der Waals surface area contributed by atoms with Crippen molar-refractivity contribution in [2.24, 2.45) is 0 Å². The van der Waals surface area contributed by atoms with Gasteiger partial charge in [-0.1, -0.05) is 11.8 Å². The van der Waals surface area contributed by atoms with Crippen LogP contribution in [0.15, 0.2) is 11.4 Å². The molecule has 1 saturated heterocycles. The number of thiophene rings is 1. The van der Waals surface area contributed by atoms with E-state index in [4.69, 9.17) is 5.11 Å². The summed E-state index contributed by atoms with van der Waals surface area (Å²) in [4.78, 5) is 3.88. The molecule has 2 nitrogen and oxygen atoms in total. The molecule has 1 N–H and O–H groups in total. The maximum atomic E-state index is 8.77. The van der Waals surface area contributed by atoms with E-state index in [1.165, 1.54) is 10.6 Å². The molecule has 1 aromatic rings. The Kier molecular flexibility index (Phi) is 5.35. The van der Waals surface area contributed by atoms with Gasteiger partial charge in [0.15, 0.2) is 0 Å². The van der Waals surface area contributed by atoms with Gasteiger partial charge in [-0.3, -0.25) is 4.90 Å². The summed E-state index contributed by atoms with van der Waals surface area (Å²) in [6, 6.07) is 2.09. The molecule has 0 saturated carbocycles. The zero-order valence-electron chi connectivity index (χ0n) is 11.6. The minimum Gasteiger partial charge on any atom is -0.395 e. The molecule has 0 aromatic carbocycles. The summed E-state index contributed by atoms with van der Waals surface area (Å²) in [7, 11) is 0. The van der Waals surface area contributed by atoms with Gasteiger partial charge in [0.1, 0.15) is 0 Å². The maximum absolute atomic E-state index is 8.77. The molecule has 0 unspecified atom stereocenters. The van der Waals surface area contributed by atoms with Gasteiger partial charge in [-0.05, 0) is 25.3 Å². The molecular formula is C15H21NOS2. The summed E-state index contributed by atoms with van der Waals surface area (Å²) >= 11 is 3.85. The molecule has 104 valence electrons. The van der Waals surface area contributed by atoms with Crippen LogP contribution in [-0.4, -0.2) is 40.2 Å². The van der Waals surface area contributed by atoms with E-state index in [1.54, 1.807) is 11.3 Å². The van der Waals surface area contributed by atoms with Crippen molar-refractivity contribution in [1.29, 1.82) is 0 Å². The van der Waals surface area contributed by atoms with Gasteiger partial charge in [-0.25, -0.2) is 0 Å². The lowest BCUT2D eigenvalue weighted by Crippen LogP contribution is -2.42. The quantitative estimate of drug-likeness (QED) is 0.868. The SMILES string of the molecule is CC1(C)CN(Cc2sccc2C#CCCO)CCS1. The fourth-order valence-electron chi connectivity index (χ4n) is 2.24. The second-order valence-electron chi connectivity index (χ2n) is 5.35. The Labute approximate surface area is 124 Å². The molecule has 0 amide bonds. The smallest absolute Gasteiger partial charge is 0.0540 e. The van der Waals surface area contributed by atoms with E-state index in [9.17, 15) is 0 Å². The van der Waals surface area contributed by atoms with E-state index >= 15 is 0 Å². The molecule has 19 heavy (non-hydrogen) atoms. The van der Waals surface area contributed by atoms with Crippen LogP contribution in [-0.2, 0) is 6.54 Å².